The highest BCUT2D eigenvalue weighted by molar-refractivity contribution is 5.73. The molecule has 3 N–H and O–H groups in total. The second kappa shape index (κ2) is 4.51. The zero-order valence-corrected chi connectivity index (χ0v) is 11.2. The topological polar surface area (TPSA) is 70.1 Å². The van der Waals surface area contributed by atoms with Crippen LogP contribution >= 0.6 is 0 Å². The van der Waals surface area contributed by atoms with Gasteiger partial charge in [0.1, 0.15) is 0 Å². The van der Waals surface area contributed by atoms with Gasteiger partial charge in [-0.3, -0.25) is 4.98 Å². The zero-order valence-electron chi connectivity index (χ0n) is 11.2. The molecule has 1 atom stereocenters. The maximum atomic E-state index is 11.2. The predicted molar refractivity (Wildman–Crippen MR) is 74.2 cm³/mol. The number of hydrogen-bond donors (Lipinski definition) is 3. The second-order valence-corrected chi connectivity index (χ2v) is 5.38. The molecule has 1 aliphatic carbocycles. The van der Waals surface area contributed by atoms with Gasteiger partial charge in [0.2, 0.25) is 0 Å². The van der Waals surface area contributed by atoms with E-state index in [1.165, 1.54) is 18.4 Å². The summed E-state index contributed by atoms with van der Waals surface area (Å²) < 4.78 is 5.04. The molecule has 5 heteroatoms. The number of aromatic nitrogens is 1. The van der Waals surface area contributed by atoms with Gasteiger partial charge < -0.3 is 15.1 Å². The van der Waals surface area contributed by atoms with Crippen LogP contribution in [0.4, 0.5) is 0 Å². The van der Waals surface area contributed by atoms with Crippen LogP contribution in [0, 0.1) is 5.41 Å². The van der Waals surface area contributed by atoms with E-state index in [1.807, 2.05) is 32.3 Å². The molecular formula is C14H19N3O2. The first-order valence-electron chi connectivity index (χ1n) is 6.63. The third kappa shape index (κ3) is 2.09. The number of rotatable bonds is 5. The average Bonchev–Trinajstić information content (AvgIpc) is 3.04. The normalized spacial score (nSPS) is 18.6. The Morgan fingerprint density at radius 3 is 2.84 bits per heavy atom. The van der Waals surface area contributed by atoms with E-state index in [2.05, 4.69) is 15.6 Å². The lowest BCUT2D eigenvalue weighted by atomic mass is 9.90. The van der Waals surface area contributed by atoms with Crippen molar-refractivity contribution in [3.8, 4) is 0 Å². The van der Waals surface area contributed by atoms with Crippen LogP contribution in [0.1, 0.15) is 24.4 Å². The molecular weight excluding hydrogens is 242 g/mol. The monoisotopic (exact) mass is 261 g/mol. The molecule has 0 radical (unpaired) electrons. The first-order valence-corrected chi connectivity index (χ1v) is 6.63. The van der Waals surface area contributed by atoms with Gasteiger partial charge >= 0.3 is 5.76 Å². The average molecular weight is 261 g/mol. The maximum Gasteiger partial charge on any atom is 0.417 e. The van der Waals surface area contributed by atoms with Crippen molar-refractivity contribution in [3.05, 3.63) is 34.3 Å². The molecule has 0 spiro atoms. The van der Waals surface area contributed by atoms with E-state index in [1.54, 1.807) is 0 Å². The number of aromatic amines is 1. The third-order valence-corrected chi connectivity index (χ3v) is 4.10. The molecule has 1 saturated carbocycles. The molecule has 2 aromatic rings. The molecule has 1 heterocycles. The molecule has 0 bridgehead atoms. The quantitative estimate of drug-likeness (QED) is 0.760. The SMILES string of the molecule is CNCC1(C(NC)c2ccc3oc(=O)[nH]c3c2)CC1. The molecule has 5 nitrogen and oxygen atoms in total. The molecule has 1 unspecified atom stereocenters. The van der Waals surface area contributed by atoms with E-state index in [4.69, 9.17) is 4.42 Å². The van der Waals surface area contributed by atoms with Gasteiger partial charge in [-0.2, -0.15) is 0 Å². The van der Waals surface area contributed by atoms with Crippen LogP contribution < -0.4 is 16.4 Å². The van der Waals surface area contributed by atoms with Crippen molar-refractivity contribution in [2.45, 2.75) is 18.9 Å². The smallest absolute Gasteiger partial charge is 0.408 e. The first kappa shape index (κ1) is 12.4. The molecule has 0 aliphatic heterocycles. The number of nitrogens with one attached hydrogen (secondary N) is 3. The van der Waals surface area contributed by atoms with Gasteiger partial charge in [0.05, 0.1) is 5.52 Å². The van der Waals surface area contributed by atoms with Crippen molar-refractivity contribution in [1.29, 1.82) is 0 Å². The molecule has 1 aromatic carbocycles. The first-order chi connectivity index (χ1) is 9.18. The fourth-order valence-corrected chi connectivity index (χ4v) is 3.06. The van der Waals surface area contributed by atoms with Gasteiger partial charge in [0, 0.05) is 18.0 Å². The van der Waals surface area contributed by atoms with E-state index >= 15 is 0 Å². The molecule has 0 saturated heterocycles. The predicted octanol–water partition coefficient (Wildman–Crippen LogP) is 1.38. The summed E-state index contributed by atoms with van der Waals surface area (Å²) in [5.74, 6) is -0.399. The molecule has 1 aliphatic rings. The summed E-state index contributed by atoms with van der Waals surface area (Å²) in [7, 11) is 3.98. The number of H-pyrrole nitrogens is 1. The van der Waals surface area contributed by atoms with Crippen molar-refractivity contribution in [3.63, 3.8) is 0 Å². The van der Waals surface area contributed by atoms with E-state index < -0.39 is 5.76 Å². The lowest BCUT2D eigenvalue weighted by Crippen LogP contribution is -2.33. The van der Waals surface area contributed by atoms with Gasteiger partial charge in [-0.05, 0) is 44.6 Å². The van der Waals surface area contributed by atoms with Crippen LogP contribution in [0.25, 0.3) is 11.1 Å². The molecule has 1 aromatic heterocycles. The fourth-order valence-electron chi connectivity index (χ4n) is 3.06. The summed E-state index contributed by atoms with van der Waals surface area (Å²) in [6, 6.07) is 6.21. The lowest BCUT2D eigenvalue weighted by molar-refractivity contribution is 0.347. The Hall–Kier alpha value is -1.59. The van der Waals surface area contributed by atoms with Crippen LogP contribution in [0.2, 0.25) is 0 Å². The highest BCUT2D eigenvalue weighted by atomic mass is 16.4. The van der Waals surface area contributed by atoms with Gasteiger partial charge in [-0.25, -0.2) is 4.79 Å². The number of hydrogen-bond acceptors (Lipinski definition) is 4. The maximum absolute atomic E-state index is 11.2. The van der Waals surface area contributed by atoms with Gasteiger partial charge in [-0.15, -0.1) is 0 Å². The van der Waals surface area contributed by atoms with Crippen LogP contribution in [0.5, 0.6) is 0 Å². The fraction of sp³-hybridized carbons (Fsp3) is 0.500. The van der Waals surface area contributed by atoms with E-state index in [9.17, 15) is 4.79 Å². The molecule has 0 amide bonds. The number of fused-ring (bicyclic) bond motifs is 1. The summed E-state index contributed by atoms with van der Waals surface area (Å²) in [5.41, 5.74) is 2.87. The van der Waals surface area contributed by atoms with E-state index in [0.717, 1.165) is 12.1 Å². The van der Waals surface area contributed by atoms with E-state index in [-0.39, 0.29) is 0 Å². The summed E-state index contributed by atoms with van der Waals surface area (Å²) in [4.78, 5) is 13.9. The van der Waals surface area contributed by atoms with Crippen molar-refractivity contribution < 1.29 is 4.42 Å². The van der Waals surface area contributed by atoms with Crippen LogP contribution in [0.15, 0.2) is 27.4 Å². The van der Waals surface area contributed by atoms with Crippen LogP contribution in [-0.2, 0) is 0 Å². The summed E-state index contributed by atoms with van der Waals surface area (Å²) in [6.07, 6.45) is 2.44. The highest BCUT2D eigenvalue weighted by Crippen LogP contribution is 2.54. The lowest BCUT2D eigenvalue weighted by Gasteiger charge is -2.27. The highest BCUT2D eigenvalue weighted by Gasteiger charge is 2.48. The van der Waals surface area contributed by atoms with Crippen LogP contribution in [-0.4, -0.2) is 25.6 Å². The van der Waals surface area contributed by atoms with Crippen molar-refractivity contribution in [2.75, 3.05) is 20.6 Å². The van der Waals surface area contributed by atoms with Gasteiger partial charge in [0.15, 0.2) is 5.58 Å². The Morgan fingerprint density at radius 2 is 2.21 bits per heavy atom. The molecule has 3 rings (SSSR count). The summed E-state index contributed by atoms with van der Waals surface area (Å²) in [5, 5.41) is 6.69. The zero-order chi connectivity index (χ0) is 13.5. The Morgan fingerprint density at radius 1 is 1.42 bits per heavy atom. The number of oxazole rings is 1. The second-order valence-electron chi connectivity index (χ2n) is 5.38. The Kier molecular flexibility index (Phi) is 2.95. The standard InChI is InChI=1S/C14H19N3O2/c1-15-8-14(5-6-14)12(16-2)9-3-4-11-10(7-9)17-13(18)19-11/h3-4,7,12,15-16H,5-6,8H2,1-2H3,(H,17,18). The Bertz CT molecular complexity index is 639. The van der Waals surface area contributed by atoms with Crippen LogP contribution in [0.3, 0.4) is 0 Å². The van der Waals surface area contributed by atoms with Crippen molar-refractivity contribution in [2.24, 2.45) is 5.41 Å². The Labute approximate surface area is 111 Å². The molecule has 19 heavy (non-hydrogen) atoms. The van der Waals surface area contributed by atoms with Crippen molar-refractivity contribution in [1.82, 2.24) is 15.6 Å². The Balaban J connectivity index is 1.99. The van der Waals surface area contributed by atoms with Crippen molar-refractivity contribution >= 4 is 11.1 Å². The molecule has 1 fully saturated rings. The van der Waals surface area contributed by atoms with E-state index in [0.29, 0.717) is 17.0 Å². The minimum Gasteiger partial charge on any atom is -0.408 e. The van der Waals surface area contributed by atoms with Gasteiger partial charge in [-0.1, -0.05) is 6.07 Å². The molecule has 102 valence electrons. The largest absolute Gasteiger partial charge is 0.417 e. The minimum absolute atomic E-state index is 0.293. The summed E-state index contributed by atoms with van der Waals surface area (Å²) >= 11 is 0. The minimum atomic E-state index is -0.399. The number of benzene rings is 1. The summed E-state index contributed by atoms with van der Waals surface area (Å²) in [6.45, 7) is 0.998. The van der Waals surface area contributed by atoms with Gasteiger partial charge in [0.25, 0.3) is 0 Å². The third-order valence-electron chi connectivity index (χ3n) is 4.10.